The van der Waals surface area contributed by atoms with Crippen molar-refractivity contribution in [3.63, 3.8) is 0 Å². The van der Waals surface area contributed by atoms with Crippen molar-refractivity contribution in [2.45, 2.75) is 130 Å². The van der Waals surface area contributed by atoms with Gasteiger partial charge in [-0.25, -0.2) is 0 Å². The van der Waals surface area contributed by atoms with Crippen LogP contribution in [-0.2, 0) is 9.47 Å². The molecule has 1 saturated heterocycles. The second kappa shape index (κ2) is 11.7. The standard InChI is InChI=1S/C34H56O6/c1-19(2)20(3)7-8-21(4)25-11-12-26-24-10-9-22-17-23(13-15-33(22,5)27(24)14-16-34(25,26)6)39-32-31(38)30(37)29(36)28(18-35)40-32/h7-8,10,19-23,25-32,35-38H,9,11-18H2,1-6H3/b8-7+/t20-,21+,22?,23-,25+,26-,27-,28+,29-,30-,31+,32+,33-,34+/m0/s1. The number of aliphatic hydroxyl groups is 4. The first-order valence-corrected chi connectivity index (χ1v) is 16.2. The van der Waals surface area contributed by atoms with E-state index in [0.717, 1.165) is 31.6 Å². The van der Waals surface area contributed by atoms with Crippen LogP contribution in [0.25, 0.3) is 0 Å². The Hall–Kier alpha value is -0.760. The Bertz CT molecular complexity index is 945. The molecule has 4 fully saturated rings. The van der Waals surface area contributed by atoms with Crippen LogP contribution in [0.2, 0.25) is 0 Å². The van der Waals surface area contributed by atoms with E-state index in [4.69, 9.17) is 9.47 Å². The maximum absolute atomic E-state index is 10.5. The summed E-state index contributed by atoms with van der Waals surface area (Å²) < 4.78 is 11.9. The van der Waals surface area contributed by atoms with Crippen LogP contribution in [0.1, 0.15) is 92.9 Å². The van der Waals surface area contributed by atoms with E-state index in [9.17, 15) is 20.4 Å². The topological polar surface area (TPSA) is 99.4 Å². The molecule has 40 heavy (non-hydrogen) atoms. The van der Waals surface area contributed by atoms with Crippen molar-refractivity contribution in [3.05, 3.63) is 23.8 Å². The molecule has 0 aromatic heterocycles. The van der Waals surface area contributed by atoms with Gasteiger partial charge in [0, 0.05) is 0 Å². The number of aliphatic hydroxyl groups excluding tert-OH is 4. The van der Waals surface area contributed by atoms with E-state index in [1.165, 1.54) is 25.7 Å². The summed E-state index contributed by atoms with van der Waals surface area (Å²) in [6, 6.07) is 0. The number of hydrogen-bond acceptors (Lipinski definition) is 6. The van der Waals surface area contributed by atoms with E-state index in [0.29, 0.717) is 40.9 Å². The minimum absolute atomic E-state index is 0.0694. The van der Waals surface area contributed by atoms with Gasteiger partial charge in [-0.3, -0.25) is 0 Å². The third-order valence-electron chi connectivity index (χ3n) is 12.7. The Morgan fingerprint density at radius 1 is 0.925 bits per heavy atom. The number of ether oxygens (including phenoxy) is 2. The lowest BCUT2D eigenvalue weighted by atomic mass is 9.47. The normalized spacial score (nSPS) is 48.8. The lowest BCUT2D eigenvalue weighted by Gasteiger charge is -2.58. The van der Waals surface area contributed by atoms with E-state index in [-0.39, 0.29) is 11.5 Å². The molecule has 0 bridgehead atoms. The fourth-order valence-corrected chi connectivity index (χ4v) is 9.58. The second-order valence-electron chi connectivity index (χ2n) is 15.1. The lowest BCUT2D eigenvalue weighted by molar-refractivity contribution is -0.315. The molecular weight excluding hydrogens is 504 g/mol. The molecule has 0 amide bonds. The zero-order chi connectivity index (χ0) is 29.0. The largest absolute Gasteiger partial charge is 0.394 e. The molecule has 4 aliphatic carbocycles. The summed E-state index contributed by atoms with van der Waals surface area (Å²) in [5.74, 6) is 4.55. The van der Waals surface area contributed by atoms with Crippen molar-refractivity contribution in [1.82, 2.24) is 0 Å². The Morgan fingerprint density at radius 2 is 1.62 bits per heavy atom. The van der Waals surface area contributed by atoms with E-state index >= 15 is 0 Å². The lowest BCUT2D eigenvalue weighted by Crippen LogP contribution is -2.60. The minimum Gasteiger partial charge on any atom is -0.394 e. The molecule has 1 unspecified atom stereocenters. The van der Waals surface area contributed by atoms with Crippen LogP contribution in [0, 0.1) is 52.3 Å². The van der Waals surface area contributed by atoms with Gasteiger partial charge in [0.25, 0.3) is 0 Å². The molecule has 0 aromatic rings. The molecule has 1 heterocycles. The van der Waals surface area contributed by atoms with Gasteiger partial charge in [-0.1, -0.05) is 65.3 Å². The van der Waals surface area contributed by atoms with Crippen LogP contribution >= 0.6 is 0 Å². The molecular formula is C34H56O6. The highest BCUT2D eigenvalue weighted by Gasteiger charge is 2.58. The molecule has 6 nitrogen and oxygen atoms in total. The van der Waals surface area contributed by atoms with Crippen LogP contribution in [0.4, 0.5) is 0 Å². The molecule has 0 spiro atoms. The van der Waals surface area contributed by atoms with Gasteiger partial charge in [-0.05, 0) is 104 Å². The van der Waals surface area contributed by atoms with Crippen LogP contribution < -0.4 is 0 Å². The van der Waals surface area contributed by atoms with Crippen molar-refractivity contribution < 1.29 is 29.9 Å². The number of fused-ring (bicyclic) bond motifs is 5. The summed E-state index contributed by atoms with van der Waals surface area (Å²) in [4.78, 5) is 0. The first-order chi connectivity index (χ1) is 18.9. The number of hydrogen-bond donors (Lipinski definition) is 4. The fraction of sp³-hybridized carbons (Fsp3) is 0.882. The zero-order valence-corrected chi connectivity index (χ0v) is 25.7. The van der Waals surface area contributed by atoms with Gasteiger partial charge in [0.15, 0.2) is 6.29 Å². The highest BCUT2D eigenvalue weighted by atomic mass is 16.7. The van der Waals surface area contributed by atoms with Gasteiger partial charge in [-0.15, -0.1) is 0 Å². The quantitative estimate of drug-likeness (QED) is 0.318. The third kappa shape index (κ3) is 5.28. The summed E-state index contributed by atoms with van der Waals surface area (Å²) in [6.45, 7) is 14.1. The van der Waals surface area contributed by atoms with E-state index in [2.05, 4.69) is 59.8 Å². The van der Waals surface area contributed by atoms with Gasteiger partial charge < -0.3 is 29.9 Å². The Balaban J connectivity index is 1.26. The van der Waals surface area contributed by atoms with E-state index < -0.39 is 37.3 Å². The molecule has 4 N–H and O–H groups in total. The molecule has 1 aliphatic heterocycles. The van der Waals surface area contributed by atoms with E-state index in [1.54, 1.807) is 5.57 Å². The summed E-state index contributed by atoms with van der Waals surface area (Å²) in [5.41, 5.74) is 2.41. The van der Waals surface area contributed by atoms with Crippen LogP contribution in [0.5, 0.6) is 0 Å². The summed E-state index contributed by atoms with van der Waals surface area (Å²) >= 11 is 0. The number of rotatable bonds is 7. The maximum Gasteiger partial charge on any atom is 0.186 e. The summed E-state index contributed by atoms with van der Waals surface area (Å²) in [7, 11) is 0. The van der Waals surface area contributed by atoms with Crippen LogP contribution in [0.3, 0.4) is 0 Å². The van der Waals surface area contributed by atoms with Crippen molar-refractivity contribution in [3.8, 4) is 0 Å². The molecule has 228 valence electrons. The predicted octanol–water partition coefficient (Wildman–Crippen LogP) is 5.23. The monoisotopic (exact) mass is 560 g/mol. The zero-order valence-electron chi connectivity index (χ0n) is 25.7. The SMILES string of the molecule is CC(C)[C@@H](C)/C=C/[C@@H](C)[C@H]1CC[C@H]2C3=CCC4C[C@@H](O[C@@H]5O[C@H](CO)[C@H](O)[C@H](O)[C@H]5O)CC[C@]4(C)[C@H]3CC[C@]12C. The predicted molar refractivity (Wildman–Crippen MR) is 156 cm³/mol. The van der Waals surface area contributed by atoms with E-state index in [1.807, 2.05) is 0 Å². The van der Waals surface area contributed by atoms with Crippen molar-refractivity contribution in [1.29, 1.82) is 0 Å². The minimum atomic E-state index is -1.39. The highest BCUT2D eigenvalue weighted by molar-refractivity contribution is 5.28. The van der Waals surface area contributed by atoms with Gasteiger partial charge in [0.1, 0.15) is 24.4 Å². The average molecular weight is 561 g/mol. The maximum atomic E-state index is 10.5. The molecule has 3 saturated carbocycles. The third-order valence-corrected chi connectivity index (χ3v) is 12.7. The summed E-state index contributed by atoms with van der Waals surface area (Å²) in [5, 5.41) is 40.3. The van der Waals surface area contributed by atoms with Crippen molar-refractivity contribution in [2.24, 2.45) is 52.3 Å². The highest BCUT2D eigenvalue weighted by Crippen LogP contribution is 2.67. The molecule has 5 aliphatic rings. The Labute approximate surface area is 242 Å². The number of allylic oxidation sites excluding steroid dienone is 4. The molecule has 0 aromatic carbocycles. The first kappa shape index (κ1) is 30.7. The Morgan fingerprint density at radius 3 is 2.33 bits per heavy atom. The van der Waals surface area contributed by atoms with Gasteiger partial charge >= 0.3 is 0 Å². The van der Waals surface area contributed by atoms with Crippen LogP contribution in [0.15, 0.2) is 23.8 Å². The van der Waals surface area contributed by atoms with Gasteiger partial charge in [0.2, 0.25) is 0 Å². The molecule has 0 radical (unpaired) electrons. The summed E-state index contributed by atoms with van der Waals surface area (Å²) in [6.07, 6.45) is 10.7. The van der Waals surface area contributed by atoms with Crippen LogP contribution in [-0.4, -0.2) is 63.8 Å². The average Bonchev–Trinajstić information content (AvgIpc) is 3.29. The molecule has 6 heteroatoms. The first-order valence-electron chi connectivity index (χ1n) is 16.2. The fourth-order valence-electron chi connectivity index (χ4n) is 9.58. The van der Waals surface area contributed by atoms with Crippen molar-refractivity contribution in [2.75, 3.05) is 6.61 Å². The Kier molecular flexibility index (Phi) is 9.00. The van der Waals surface area contributed by atoms with Gasteiger partial charge in [-0.2, -0.15) is 0 Å². The molecule has 14 atom stereocenters. The van der Waals surface area contributed by atoms with Gasteiger partial charge in [0.05, 0.1) is 12.7 Å². The molecule has 5 rings (SSSR count). The van der Waals surface area contributed by atoms with Crippen molar-refractivity contribution >= 4 is 0 Å². The smallest absolute Gasteiger partial charge is 0.186 e. The second-order valence-corrected chi connectivity index (χ2v) is 15.1.